The van der Waals surface area contributed by atoms with Gasteiger partial charge in [-0.05, 0) is 162 Å². The molecule has 0 saturated carbocycles. The molecule has 111 heavy (non-hydrogen) atoms. The number of methoxy groups -OCH3 is 6. The number of hydrogen-bond acceptors (Lipinski definition) is 21. The van der Waals surface area contributed by atoms with Crippen molar-refractivity contribution in [1.82, 2.24) is 19.6 Å². The maximum Gasteiger partial charge on any atom is 0.337 e. The lowest BCUT2D eigenvalue weighted by Crippen LogP contribution is -2.56. The van der Waals surface area contributed by atoms with Gasteiger partial charge in [0.25, 0.3) is 0 Å². The van der Waals surface area contributed by atoms with Crippen molar-refractivity contribution in [3.63, 3.8) is 0 Å². The van der Waals surface area contributed by atoms with Crippen LogP contribution in [-0.4, -0.2) is 204 Å². The Hall–Kier alpha value is -9.56. The number of anilines is 4. The van der Waals surface area contributed by atoms with Gasteiger partial charge in [0.15, 0.2) is 0 Å². The van der Waals surface area contributed by atoms with Crippen LogP contribution in [0.4, 0.5) is 22.7 Å². The van der Waals surface area contributed by atoms with E-state index in [1.165, 1.54) is 48.1 Å². The molecule has 0 aliphatic carbocycles. The van der Waals surface area contributed by atoms with E-state index >= 15 is 0 Å². The molecule has 0 bridgehead atoms. The number of phenols is 1. The largest absolute Gasteiger partial charge is 0.508 e. The highest BCUT2D eigenvalue weighted by molar-refractivity contribution is 6.10. The molecule has 4 spiro atoms. The van der Waals surface area contributed by atoms with E-state index in [-0.39, 0.29) is 125 Å². The third kappa shape index (κ3) is 12.3. The Kier molecular flexibility index (Phi) is 21.1. The zero-order valence-electron chi connectivity index (χ0n) is 65.0. The van der Waals surface area contributed by atoms with E-state index in [2.05, 4.69) is 86.8 Å². The van der Waals surface area contributed by atoms with Gasteiger partial charge in [-0.25, -0.2) is 19.2 Å². The van der Waals surface area contributed by atoms with Gasteiger partial charge in [-0.3, -0.25) is 38.8 Å². The van der Waals surface area contributed by atoms with Crippen LogP contribution >= 0.6 is 0 Å². The quantitative estimate of drug-likeness (QED) is 0.0428. The molecule has 8 fully saturated rings. The third-order valence-corrected chi connectivity index (χ3v) is 28.3. The van der Waals surface area contributed by atoms with Gasteiger partial charge < -0.3 is 64.3 Å². The van der Waals surface area contributed by atoms with Crippen molar-refractivity contribution in [2.75, 3.05) is 116 Å². The second-order valence-electron chi connectivity index (χ2n) is 32.5. The molecule has 8 saturated heterocycles. The number of aromatic hydroxyl groups is 1. The van der Waals surface area contributed by atoms with Gasteiger partial charge in [-0.15, -0.1) is 0 Å². The van der Waals surface area contributed by atoms with Gasteiger partial charge in [0.2, 0.25) is 23.6 Å². The number of hydrogen-bond donors (Lipinski definition) is 5. The minimum Gasteiger partial charge on any atom is -0.508 e. The summed E-state index contributed by atoms with van der Waals surface area (Å²) < 4.78 is 42.0. The molecule has 590 valence electrons. The lowest BCUT2D eigenvalue weighted by molar-refractivity contribution is -0.140. The highest BCUT2D eigenvalue weighted by atomic mass is 16.5. The number of carbonyl (C=O) groups is 8. The van der Waals surface area contributed by atoms with Crippen molar-refractivity contribution in [3.8, 4) is 5.75 Å². The Balaban J connectivity index is 0.000000117. The molecule has 14 aliphatic heterocycles. The molecule has 5 N–H and O–H groups in total. The maximum atomic E-state index is 13.2. The van der Waals surface area contributed by atoms with E-state index in [9.17, 15) is 43.5 Å². The van der Waals surface area contributed by atoms with Crippen LogP contribution < -0.4 is 21.3 Å². The van der Waals surface area contributed by atoms with Gasteiger partial charge in [0.1, 0.15) is 5.75 Å². The fourth-order valence-corrected chi connectivity index (χ4v) is 22.9. The zero-order valence-corrected chi connectivity index (χ0v) is 65.0. The lowest BCUT2D eigenvalue weighted by atomic mass is 9.66. The molecule has 4 aromatic rings. The van der Waals surface area contributed by atoms with Crippen molar-refractivity contribution in [1.29, 1.82) is 0 Å². The zero-order chi connectivity index (χ0) is 78.2. The first kappa shape index (κ1) is 76.8. The van der Waals surface area contributed by atoms with Crippen molar-refractivity contribution in [2.24, 2.45) is 47.3 Å². The Labute approximate surface area is 648 Å². The molecule has 4 aromatic carbocycles. The lowest BCUT2D eigenvalue weighted by Gasteiger charge is -2.48. The number of nitrogens with zero attached hydrogens (tertiary/aromatic N) is 4. The highest BCUT2D eigenvalue weighted by Gasteiger charge is 2.66. The summed E-state index contributed by atoms with van der Waals surface area (Å²) in [5, 5.41) is 22.9. The van der Waals surface area contributed by atoms with E-state index in [1.807, 2.05) is 60.7 Å². The minimum atomic E-state index is -0.800. The summed E-state index contributed by atoms with van der Waals surface area (Å²) in [6, 6.07) is 29.4. The monoisotopic (exact) mass is 1520 g/mol. The first-order valence-corrected chi connectivity index (χ1v) is 39.5. The Morgan fingerprint density at radius 1 is 0.459 bits per heavy atom. The predicted molar refractivity (Wildman–Crippen MR) is 411 cm³/mol. The molecule has 25 heteroatoms. The molecular weight excluding hydrogens is 1420 g/mol. The van der Waals surface area contributed by atoms with Crippen LogP contribution in [-0.2, 0) is 97.9 Å². The summed E-state index contributed by atoms with van der Waals surface area (Å²) in [7, 11) is 8.66. The van der Waals surface area contributed by atoms with Crippen LogP contribution in [0.25, 0.3) is 0 Å². The standard InChI is InChI=1S/C22H28N2O5.C22H28N2O4.2C21H24N2O4/c1-4-13-11-24-9-8-22(19-16(23-21(22)27)6-5-7-17(19)25)18(24)10-14(13)15(12-28-2)20(26)29-3;1-4-14-12-24-10-9-22(17-7-5-6-8-18(17)23-21(22)26)19(24)11-15(14)16(13-27-2)20(25)28-3;2*1-12-14-10-23-8-7-21(16-5-3-4-6-17(16)22-20(21)25)18(23)9-13(14)15(11-27-12)19(24)26-2/h5-7,12-14,18,25H,4,8-11H2,1-3H3,(H,23,27);5-8,13-15,19H,4,9-12H2,1-3H3,(H,23,26);2*3-6,11-14,18H,7-10H2,1-2H3,(H,22,25)/b15-12+;16-13+;;/t;14-,15-,19-,22+;12-,13-,14+,18-,21+;12-,13-,14-,18+,21-/m.000/s1. The average Bonchev–Trinajstić information content (AvgIpc) is 1.57. The molecule has 0 aromatic heterocycles. The molecule has 4 amide bonds. The van der Waals surface area contributed by atoms with Crippen molar-refractivity contribution < 1.29 is 81.4 Å². The summed E-state index contributed by atoms with van der Waals surface area (Å²) in [5.41, 5.74) is 7.37. The molecule has 14 heterocycles. The Bertz CT molecular complexity index is 4360. The van der Waals surface area contributed by atoms with Crippen LogP contribution in [0.2, 0.25) is 0 Å². The molecular formula is C86H104N8O17. The van der Waals surface area contributed by atoms with Crippen molar-refractivity contribution >= 4 is 70.3 Å². The van der Waals surface area contributed by atoms with Crippen molar-refractivity contribution in [2.45, 2.75) is 150 Å². The minimum absolute atomic E-state index is 0.00851. The predicted octanol–water partition coefficient (Wildman–Crippen LogP) is 9.23. The molecule has 4 unspecified atom stereocenters. The summed E-state index contributed by atoms with van der Waals surface area (Å²) in [6.45, 7) is 15.2. The summed E-state index contributed by atoms with van der Waals surface area (Å²) in [5.74, 6) is 0.0630. The van der Waals surface area contributed by atoms with E-state index in [1.54, 1.807) is 31.8 Å². The number of benzene rings is 4. The smallest absolute Gasteiger partial charge is 0.337 e. The molecule has 0 radical (unpaired) electrons. The molecule has 18 atom stereocenters. The van der Waals surface area contributed by atoms with E-state index in [0.29, 0.717) is 52.3 Å². The summed E-state index contributed by atoms with van der Waals surface area (Å²) >= 11 is 0. The number of rotatable bonds is 10. The van der Waals surface area contributed by atoms with Crippen LogP contribution in [0.3, 0.4) is 0 Å². The van der Waals surface area contributed by atoms with E-state index < -0.39 is 27.6 Å². The van der Waals surface area contributed by atoms with Crippen LogP contribution in [0.15, 0.2) is 138 Å². The second-order valence-corrected chi connectivity index (χ2v) is 32.5. The topological polar surface area (TPSA) is 292 Å². The fraction of sp³-hybridized carbons (Fsp3) is 0.535. The van der Waals surface area contributed by atoms with Crippen LogP contribution in [0, 0.1) is 47.3 Å². The van der Waals surface area contributed by atoms with Gasteiger partial charge in [0.05, 0.1) is 124 Å². The first-order chi connectivity index (χ1) is 53.6. The SMILES string of the molecule is CCC1CN2CCC3(C(=O)Nc4cccc(O)c43)C2CC1/C(=C\OC)C(=O)OC.CC[C@H]1CN2CC[C@]3(C(=O)Nc4ccccc43)[C@@H]2C[C@@H]1/C(=C\OC)C(=O)OC.COC(=O)C1=CO[C@@H](C)[C@@H]2CN3CC[C@@]4(C(=O)Nc5ccccc54)[C@H]3C[C@H]12.COC(=O)C1=CO[C@@H](C)[C@H]2CN3CC[C@]4(C(=O)Nc5ccccc54)[C@@H]3C[C@H]12. The molecule has 25 nitrogen and oxygen atoms in total. The number of para-hydroxylation sites is 3. The van der Waals surface area contributed by atoms with Gasteiger partial charge >= 0.3 is 23.9 Å². The van der Waals surface area contributed by atoms with E-state index in [0.717, 1.165) is 137 Å². The van der Waals surface area contributed by atoms with Gasteiger partial charge in [-0.1, -0.05) is 87.4 Å². The number of amides is 4. The number of nitrogens with one attached hydrogen (secondary N) is 4. The molecule has 14 aliphatic rings. The number of piperidine rings is 4. The Morgan fingerprint density at radius 2 is 0.802 bits per heavy atom. The second kappa shape index (κ2) is 30.5. The molecule has 18 rings (SSSR count). The van der Waals surface area contributed by atoms with Gasteiger partial charge in [0, 0.05) is 102 Å². The summed E-state index contributed by atoms with van der Waals surface area (Å²) in [6.07, 6.45) is 14.1. The van der Waals surface area contributed by atoms with Gasteiger partial charge in [-0.2, -0.15) is 0 Å². The number of carbonyl (C=O) groups excluding carboxylic acids is 8. The van der Waals surface area contributed by atoms with Crippen molar-refractivity contribution in [3.05, 3.63) is 161 Å². The maximum absolute atomic E-state index is 13.2. The number of fused-ring (bicyclic) bond motifs is 18. The fourth-order valence-electron chi connectivity index (χ4n) is 22.9. The number of ether oxygens (including phenoxy) is 8. The number of phenolic OH excluding ortho intramolecular Hbond substituents is 1. The first-order valence-electron chi connectivity index (χ1n) is 39.5. The Morgan fingerprint density at radius 3 is 1.18 bits per heavy atom. The van der Waals surface area contributed by atoms with Crippen LogP contribution in [0.5, 0.6) is 5.75 Å². The normalized spacial score (nSPS) is 34.3. The van der Waals surface area contributed by atoms with E-state index in [4.69, 9.17) is 37.9 Å². The highest BCUT2D eigenvalue weighted by Crippen LogP contribution is 2.60. The number of esters is 4. The average molecular weight is 1520 g/mol. The summed E-state index contributed by atoms with van der Waals surface area (Å²) in [4.78, 5) is 112. The van der Waals surface area contributed by atoms with Crippen LogP contribution in [0.1, 0.15) is 114 Å². The third-order valence-electron chi connectivity index (χ3n) is 28.3.